The van der Waals surface area contributed by atoms with Crippen molar-refractivity contribution in [3.05, 3.63) is 11.4 Å². The molecule has 3 saturated carbocycles. The van der Waals surface area contributed by atoms with Gasteiger partial charge in [-0.1, -0.05) is 13.8 Å². The van der Waals surface area contributed by atoms with Crippen LogP contribution in [0.4, 0.5) is 4.39 Å². The van der Waals surface area contributed by atoms with Gasteiger partial charge in [-0.05, 0) is 67.3 Å². The van der Waals surface area contributed by atoms with Crippen molar-refractivity contribution in [1.82, 2.24) is 0 Å². The average Bonchev–Trinajstić information content (AvgIpc) is 2.87. The summed E-state index contributed by atoms with van der Waals surface area (Å²) in [5.41, 5.74) is -2.36. The van der Waals surface area contributed by atoms with Crippen LogP contribution in [0.2, 0.25) is 0 Å². The molecular weight excluding hydrogens is 351 g/mol. The quantitative estimate of drug-likeness (QED) is 0.585. The molecule has 152 valence electrons. The van der Waals surface area contributed by atoms with Crippen LogP contribution < -0.4 is 0 Å². The van der Waals surface area contributed by atoms with Crippen molar-refractivity contribution >= 4 is 5.78 Å². The standard InChI is InChI=1S/C21H31FO5/c1-19-5-3-11(24)7-14(19)15(22)8-12-13-4-6-21(27,17(26)10-23)20(13,2)9-16(25)18(12)19/h11-13,16,18,23-25,27H,3-10H2,1-2H3/t11?,12-,13-,16-,18+,19-,20-,21-/m0/s1. The number of fused-ring (bicyclic) bond motifs is 5. The molecule has 8 atom stereocenters. The monoisotopic (exact) mass is 382 g/mol. The minimum atomic E-state index is -1.66. The summed E-state index contributed by atoms with van der Waals surface area (Å²) in [6.07, 6.45) is 1.59. The lowest BCUT2D eigenvalue weighted by Crippen LogP contribution is -2.62. The van der Waals surface area contributed by atoms with Crippen LogP contribution in [0.1, 0.15) is 58.8 Å². The van der Waals surface area contributed by atoms with Gasteiger partial charge in [0.25, 0.3) is 0 Å². The Bertz CT molecular complexity index is 692. The fourth-order valence-electron chi connectivity index (χ4n) is 7.44. The smallest absolute Gasteiger partial charge is 0.190 e. The molecule has 6 heteroatoms. The summed E-state index contributed by atoms with van der Waals surface area (Å²) in [6.45, 7) is 3.11. The van der Waals surface area contributed by atoms with E-state index < -0.39 is 41.0 Å². The van der Waals surface area contributed by atoms with Crippen LogP contribution in [0.3, 0.4) is 0 Å². The number of aliphatic hydroxyl groups is 4. The molecule has 0 bridgehead atoms. The number of hydrogen-bond donors (Lipinski definition) is 4. The second-order valence-electron chi connectivity index (χ2n) is 9.87. The van der Waals surface area contributed by atoms with E-state index in [0.29, 0.717) is 31.3 Å². The van der Waals surface area contributed by atoms with Gasteiger partial charge in [-0.25, -0.2) is 4.39 Å². The van der Waals surface area contributed by atoms with Crippen LogP contribution in [0.5, 0.6) is 0 Å². The van der Waals surface area contributed by atoms with Gasteiger partial charge in [0, 0.05) is 11.8 Å². The van der Waals surface area contributed by atoms with Gasteiger partial charge in [0.1, 0.15) is 18.0 Å². The average molecular weight is 382 g/mol. The summed E-state index contributed by atoms with van der Waals surface area (Å²) in [5, 5.41) is 41.7. The van der Waals surface area contributed by atoms with Gasteiger partial charge in [0.15, 0.2) is 5.78 Å². The second-order valence-corrected chi connectivity index (χ2v) is 9.87. The van der Waals surface area contributed by atoms with E-state index in [1.807, 2.05) is 13.8 Å². The molecule has 0 aromatic heterocycles. The van der Waals surface area contributed by atoms with E-state index in [4.69, 9.17) is 0 Å². The molecule has 0 spiro atoms. The predicted molar refractivity (Wildman–Crippen MR) is 96.2 cm³/mol. The number of carbonyl (C=O) groups excluding carboxylic acids is 1. The van der Waals surface area contributed by atoms with E-state index in [-0.39, 0.29) is 42.8 Å². The van der Waals surface area contributed by atoms with Crippen LogP contribution in [0.15, 0.2) is 11.4 Å². The molecular formula is C21H31FO5. The molecule has 0 aromatic carbocycles. The Morgan fingerprint density at radius 2 is 1.89 bits per heavy atom. The first-order valence-electron chi connectivity index (χ1n) is 10.2. The number of hydrogen-bond acceptors (Lipinski definition) is 5. The molecule has 4 aliphatic rings. The number of halogens is 1. The molecule has 0 amide bonds. The Kier molecular flexibility index (Phi) is 4.39. The first-order valence-corrected chi connectivity index (χ1v) is 10.2. The zero-order valence-corrected chi connectivity index (χ0v) is 16.1. The van der Waals surface area contributed by atoms with E-state index in [2.05, 4.69) is 0 Å². The Balaban J connectivity index is 1.77. The third kappa shape index (κ3) is 2.39. The van der Waals surface area contributed by atoms with Crippen molar-refractivity contribution in [3.63, 3.8) is 0 Å². The van der Waals surface area contributed by atoms with E-state index in [9.17, 15) is 25.2 Å². The maximum Gasteiger partial charge on any atom is 0.190 e. The first-order chi connectivity index (χ1) is 12.6. The molecule has 4 aliphatic carbocycles. The van der Waals surface area contributed by atoms with Crippen molar-refractivity contribution in [1.29, 1.82) is 0 Å². The third-order valence-corrected chi connectivity index (χ3v) is 8.82. The largest absolute Gasteiger partial charge is 0.393 e. The lowest BCUT2D eigenvalue weighted by atomic mass is 9.45. The first kappa shape index (κ1) is 19.5. The minimum Gasteiger partial charge on any atom is -0.393 e. The maximum atomic E-state index is 15.2. The van der Waals surface area contributed by atoms with E-state index in [0.717, 1.165) is 0 Å². The molecule has 3 fully saturated rings. The molecule has 27 heavy (non-hydrogen) atoms. The number of rotatable bonds is 2. The minimum absolute atomic E-state index is 0.0811. The van der Waals surface area contributed by atoms with Crippen LogP contribution in [-0.2, 0) is 4.79 Å². The van der Waals surface area contributed by atoms with Crippen LogP contribution in [-0.4, -0.2) is 50.6 Å². The third-order valence-electron chi connectivity index (χ3n) is 8.82. The summed E-state index contributed by atoms with van der Waals surface area (Å²) in [6, 6.07) is 0. The van der Waals surface area contributed by atoms with Gasteiger partial charge in [0.2, 0.25) is 0 Å². The summed E-state index contributed by atoms with van der Waals surface area (Å²) >= 11 is 0. The fraction of sp³-hybridized carbons (Fsp3) is 0.857. The Morgan fingerprint density at radius 1 is 1.19 bits per heavy atom. The molecule has 0 heterocycles. The highest BCUT2D eigenvalue weighted by Gasteiger charge is 2.68. The van der Waals surface area contributed by atoms with E-state index in [1.54, 1.807) is 0 Å². The summed E-state index contributed by atoms with van der Waals surface area (Å²) in [4.78, 5) is 12.4. The summed E-state index contributed by atoms with van der Waals surface area (Å²) in [7, 11) is 0. The van der Waals surface area contributed by atoms with Crippen molar-refractivity contribution in [2.75, 3.05) is 6.61 Å². The fourth-order valence-corrected chi connectivity index (χ4v) is 7.44. The number of carbonyl (C=O) groups is 1. The predicted octanol–water partition coefficient (Wildman–Crippen LogP) is 1.87. The molecule has 4 N–H and O–H groups in total. The van der Waals surface area contributed by atoms with Crippen molar-refractivity contribution in [2.45, 2.75) is 76.6 Å². The van der Waals surface area contributed by atoms with Gasteiger partial charge in [0.05, 0.1) is 12.2 Å². The van der Waals surface area contributed by atoms with Crippen molar-refractivity contribution in [2.24, 2.45) is 28.6 Å². The number of allylic oxidation sites excluding steroid dienone is 1. The molecule has 1 unspecified atom stereocenters. The zero-order valence-electron chi connectivity index (χ0n) is 16.1. The highest BCUT2D eigenvalue weighted by molar-refractivity contribution is 5.89. The normalized spacial score (nSPS) is 52.2. The molecule has 0 radical (unpaired) electrons. The molecule has 0 aliphatic heterocycles. The lowest BCUT2D eigenvalue weighted by Gasteiger charge is -2.60. The summed E-state index contributed by atoms with van der Waals surface area (Å²) < 4.78 is 15.2. The highest BCUT2D eigenvalue weighted by Crippen LogP contribution is 2.68. The van der Waals surface area contributed by atoms with Gasteiger partial charge < -0.3 is 20.4 Å². The van der Waals surface area contributed by atoms with Crippen LogP contribution >= 0.6 is 0 Å². The number of Topliss-reactive ketones (excluding diaryl/α,β-unsaturated/α-hetero) is 1. The van der Waals surface area contributed by atoms with Gasteiger partial charge in [-0.2, -0.15) is 0 Å². The van der Waals surface area contributed by atoms with E-state index >= 15 is 4.39 Å². The maximum absolute atomic E-state index is 15.2. The Hall–Kier alpha value is -0.820. The number of ketones is 1. The zero-order chi connectivity index (χ0) is 19.8. The van der Waals surface area contributed by atoms with Crippen LogP contribution in [0.25, 0.3) is 0 Å². The van der Waals surface area contributed by atoms with Gasteiger partial charge in [-0.3, -0.25) is 4.79 Å². The molecule has 0 saturated heterocycles. The highest BCUT2D eigenvalue weighted by atomic mass is 19.1. The van der Waals surface area contributed by atoms with Crippen molar-refractivity contribution in [3.8, 4) is 0 Å². The van der Waals surface area contributed by atoms with E-state index in [1.165, 1.54) is 0 Å². The Morgan fingerprint density at radius 3 is 2.56 bits per heavy atom. The molecule has 0 aromatic rings. The van der Waals surface area contributed by atoms with Gasteiger partial charge >= 0.3 is 0 Å². The number of aliphatic hydroxyl groups excluding tert-OH is 3. The lowest BCUT2D eigenvalue weighted by molar-refractivity contribution is -0.181. The van der Waals surface area contributed by atoms with Crippen LogP contribution in [0, 0.1) is 28.6 Å². The SMILES string of the molecule is C[C@]12CCC(O)CC1=C(F)C[C@@H]1[C@@H]2[C@@H](O)C[C@@]2(C)[C@H]1CC[C@]2(O)C(=O)CO. The summed E-state index contributed by atoms with van der Waals surface area (Å²) in [5.74, 6) is -1.15. The van der Waals surface area contributed by atoms with Crippen molar-refractivity contribution < 1.29 is 29.6 Å². The van der Waals surface area contributed by atoms with Gasteiger partial charge in [-0.15, -0.1) is 0 Å². The topological polar surface area (TPSA) is 98.0 Å². The Labute approximate surface area is 159 Å². The molecule has 5 nitrogen and oxygen atoms in total. The second kappa shape index (κ2) is 6.09. The molecule has 4 rings (SSSR count).